The zero-order chi connectivity index (χ0) is 15.6. The Kier molecular flexibility index (Phi) is 3.56. The van der Waals surface area contributed by atoms with Crippen LogP contribution in [0.15, 0.2) is 60.9 Å². The Morgan fingerprint density at radius 1 is 0.826 bits per heavy atom. The molecule has 0 spiro atoms. The molecule has 4 heteroatoms. The molecule has 0 unspecified atom stereocenters. The maximum Gasteiger partial charge on any atom is 0.0909 e. The Bertz CT molecular complexity index is 917. The Morgan fingerprint density at radius 2 is 1.52 bits per heavy atom. The van der Waals surface area contributed by atoms with Crippen LogP contribution in [0, 0.1) is 0 Å². The van der Waals surface area contributed by atoms with Crippen molar-refractivity contribution in [2.24, 2.45) is 0 Å². The quantitative estimate of drug-likeness (QED) is 0.683. The van der Waals surface area contributed by atoms with Crippen molar-refractivity contribution < 1.29 is 0 Å². The van der Waals surface area contributed by atoms with Gasteiger partial charge in [0.15, 0.2) is 0 Å². The first-order valence-corrected chi connectivity index (χ1v) is 7.79. The number of hydrogen-bond acceptors (Lipinski definition) is 3. The zero-order valence-electron chi connectivity index (χ0n) is 12.4. The van der Waals surface area contributed by atoms with Gasteiger partial charge < -0.3 is 4.90 Å². The van der Waals surface area contributed by atoms with Gasteiger partial charge in [-0.25, -0.2) is 9.97 Å². The average molecular weight is 320 g/mol. The summed E-state index contributed by atoms with van der Waals surface area (Å²) in [6.45, 7) is 0.813. The molecule has 3 nitrogen and oxygen atoms in total. The van der Waals surface area contributed by atoms with E-state index in [4.69, 9.17) is 11.6 Å². The third-order valence-corrected chi connectivity index (χ3v) is 3.97. The molecule has 3 aromatic rings. The number of rotatable bonds is 2. The summed E-state index contributed by atoms with van der Waals surface area (Å²) >= 11 is 6.04. The second-order valence-corrected chi connectivity index (χ2v) is 5.85. The lowest BCUT2D eigenvalue weighted by atomic mass is 10.2. The van der Waals surface area contributed by atoms with Crippen LogP contribution >= 0.6 is 11.6 Å². The highest BCUT2D eigenvalue weighted by atomic mass is 35.5. The van der Waals surface area contributed by atoms with Crippen LogP contribution in [-0.2, 0) is 6.54 Å². The molecule has 0 bridgehead atoms. The minimum atomic E-state index is 0.672. The maximum absolute atomic E-state index is 6.04. The number of aromatic nitrogens is 2. The van der Waals surface area contributed by atoms with Gasteiger partial charge in [0.2, 0.25) is 0 Å². The Morgan fingerprint density at radius 3 is 2.26 bits per heavy atom. The molecule has 2 heterocycles. The monoisotopic (exact) mass is 319 g/mol. The number of fused-ring (bicyclic) bond motifs is 2. The lowest BCUT2D eigenvalue weighted by Gasteiger charge is -2.14. The molecule has 0 N–H and O–H groups in total. The van der Waals surface area contributed by atoms with Gasteiger partial charge in [-0.15, -0.1) is 0 Å². The van der Waals surface area contributed by atoms with Gasteiger partial charge in [0.25, 0.3) is 0 Å². The van der Waals surface area contributed by atoms with Crippen LogP contribution in [0.3, 0.4) is 0 Å². The van der Waals surface area contributed by atoms with E-state index in [2.05, 4.69) is 39.1 Å². The first kappa shape index (κ1) is 14.0. The van der Waals surface area contributed by atoms with Crippen molar-refractivity contribution in [2.45, 2.75) is 6.54 Å². The van der Waals surface area contributed by atoms with Crippen LogP contribution in [0.5, 0.6) is 0 Å². The fourth-order valence-electron chi connectivity index (χ4n) is 2.58. The van der Waals surface area contributed by atoms with Crippen molar-refractivity contribution in [1.29, 1.82) is 0 Å². The Balaban J connectivity index is 1.68. The predicted octanol–water partition coefficient (Wildman–Crippen LogP) is 4.74. The van der Waals surface area contributed by atoms with Gasteiger partial charge in [0.1, 0.15) is 0 Å². The van der Waals surface area contributed by atoms with E-state index in [1.165, 1.54) is 5.56 Å². The van der Waals surface area contributed by atoms with E-state index in [-0.39, 0.29) is 0 Å². The van der Waals surface area contributed by atoms with Crippen LogP contribution < -0.4 is 0 Å². The van der Waals surface area contributed by atoms with Crippen molar-refractivity contribution in [2.75, 3.05) is 0 Å². The predicted molar refractivity (Wildman–Crippen MR) is 94.6 cm³/mol. The minimum absolute atomic E-state index is 0.672. The smallest absolute Gasteiger partial charge is 0.0909 e. The van der Waals surface area contributed by atoms with E-state index in [1.54, 1.807) is 0 Å². The molecule has 2 aromatic carbocycles. The molecule has 23 heavy (non-hydrogen) atoms. The summed E-state index contributed by atoms with van der Waals surface area (Å²) in [5.74, 6) is 0. The Labute approximate surface area is 139 Å². The molecule has 0 fully saturated rings. The molecule has 0 amide bonds. The molecule has 1 aliphatic heterocycles. The summed E-state index contributed by atoms with van der Waals surface area (Å²) in [5.41, 5.74) is 4.64. The standard InChI is InChI=1S/C19H14ClN3/c20-15-6-7-16-19(12-15)22-18-9-11-23(10-8-17(18)21-16)13-14-4-2-1-3-5-14/h1-12H,13H2. The maximum atomic E-state index is 6.04. The molecule has 0 saturated carbocycles. The molecule has 0 radical (unpaired) electrons. The third-order valence-electron chi connectivity index (χ3n) is 3.74. The van der Waals surface area contributed by atoms with E-state index < -0.39 is 0 Å². The molecule has 4 rings (SSSR count). The summed E-state index contributed by atoms with van der Waals surface area (Å²) in [6, 6.07) is 15.9. The molecule has 1 aliphatic rings. The van der Waals surface area contributed by atoms with Crippen LogP contribution in [-0.4, -0.2) is 14.9 Å². The minimum Gasteiger partial charge on any atom is -0.350 e. The summed E-state index contributed by atoms with van der Waals surface area (Å²) in [7, 11) is 0. The topological polar surface area (TPSA) is 29.0 Å². The van der Waals surface area contributed by atoms with Crippen molar-refractivity contribution in [1.82, 2.24) is 14.9 Å². The van der Waals surface area contributed by atoms with Crippen molar-refractivity contribution in [3.05, 3.63) is 82.9 Å². The van der Waals surface area contributed by atoms with E-state index in [9.17, 15) is 0 Å². The third kappa shape index (κ3) is 2.96. The number of hydrogen-bond donors (Lipinski definition) is 0. The van der Waals surface area contributed by atoms with Crippen molar-refractivity contribution >= 4 is 34.8 Å². The van der Waals surface area contributed by atoms with Gasteiger partial charge in [-0.3, -0.25) is 0 Å². The normalized spacial score (nSPS) is 13.2. The fraction of sp³-hybridized carbons (Fsp3) is 0.0526. The zero-order valence-corrected chi connectivity index (χ0v) is 13.1. The first-order chi connectivity index (χ1) is 11.3. The average Bonchev–Trinajstić information content (AvgIpc) is 2.76. The summed E-state index contributed by atoms with van der Waals surface area (Å²) < 4.78 is 0. The van der Waals surface area contributed by atoms with E-state index in [0.717, 1.165) is 29.0 Å². The second kappa shape index (κ2) is 5.86. The number of nitrogens with zero attached hydrogens (tertiary/aromatic N) is 3. The van der Waals surface area contributed by atoms with Crippen molar-refractivity contribution in [3.63, 3.8) is 0 Å². The number of halogens is 1. The van der Waals surface area contributed by atoms with Crippen LogP contribution in [0.25, 0.3) is 23.2 Å². The summed E-state index contributed by atoms with van der Waals surface area (Å²) in [6.07, 6.45) is 8.05. The van der Waals surface area contributed by atoms with Crippen LogP contribution in [0.4, 0.5) is 0 Å². The molecule has 0 saturated heterocycles. The molecule has 112 valence electrons. The van der Waals surface area contributed by atoms with Gasteiger partial charge in [-0.2, -0.15) is 0 Å². The summed E-state index contributed by atoms with van der Waals surface area (Å²) in [5, 5.41) is 0.672. The van der Waals surface area contributed by atoms with Gasteiger partial charge in [0, 0.05) is 24.0 Å². The lowest BCUT2D eigenvalue weighted by molar-refractivity contribution is 0.508. The van der Waals surface area contributed by atoms with Gasteiger partial charge >= 0.3 is 0 Å². The van der Waals surface area contributed by atoms with Crippen LogP contribution in [0.1, 0.15) is 17.0 Å². The highest BCUT2D eigenvalue weighted by Gasteiger charge is 2.09. The molecule has 0 aliphatic carbocycles. The highest BCUT2D eigenvalue weighted by molar-refractivity contribution is 6.31. The van der Waals surface area contributed by atoms with E-state index in [1.807, 2.05) is 48.8 Å². The summed E-state index contributed by atoms with van der Waals surface area (Å²) in [4.78, 5) is 11.5. The molecule has 1 aromatic heterocycles. The lowest BCUT2D eigenvalue weighted by Crippen LogP contribution is -2.07. The fourth-order valence-corrected chi connectivity index (χ4v) is 2.75. The highest BCUT2D eigenvalue weighted by Crippen LogP contribution is 2.21. The van der Waals surface area contributed by atoms with E-state index >= 15 is 0 Å². The largest absolute Gasteiger partial charge is 0.350 e. The molecule has 0 atom stereocenters. The first-order valence-electron chi connectivity index (χ1n) is 7.41. The van der Waals surface area contributed by atoms with Gasteiger partial charge in [0.05, 0.1) is 22.4 Å². The molecular formula is C19H14ClN3. The Hall–Kier alpha value is -2.65. The van der Waals surface area contributed by atoms with Crippen LogP contribution in [0.2, 0.25) is 5.02 Å². The van der Waals surface area contributed by atoms with Gasteiger partial charge in [-0.1, -0.05) is 41.9 Å². The molecular weight excluding hydrogens is 306 g/mol. The van der Waals surface area contributed by atoms with E-state index in [0.29, 0.717) is 5.02 Å². The number of benzene rings is 2. The van der Waals surface area contributed by atoms with Gasteiger partial charge in [-0.05, 0) is 35.9 Å². The SMILES string of the molecule is Clc1ccc2nc3c(nc2c1)C=CN(Cc1ccccc1)C=C3. The second-order valence-electron chi connectivity index (χ2n) is 5.42. The van der Waals surface area contributed by atoms with Crippen molar-refractivity contribution in [3.8, 4) is 0 Å².